The van der Waals surface area contributed by atoms with Crippen LogP contribution in [-0.2, 0) is 0 Å². The third kappa shape index (κ3) is 3.52. The Labute approximate surface area is 128 Å². The van der Waals surface area contributed by atoms with Gasteiger partial charge in [-0.3, -0.25) is 0 Å². The molecule has 0 spiro atoms. The Morgan fingerprint density at radius 2 is 2.00 bits per heavy atom. The molecule has 2 rings (SSSR count). The Morgan fingerprint density at radius 3 is 2.57 bits per heavy atom. The molecular weight excluding hydrogens is 290 g/mol. The highest BCUT2D eigenvalue weighted by Gasteiger charge is 2.15. The minimum Gasteiger partial charge on any atom is -0.478 e. The van der Waals surface area contributed by atoms with E-state index in [1.54, 1.807) is 0 Å². The maximum Gasteiger partial charge on any atom is 0.337 e. The Kier molecular flexibility index (Phi) is 4.81. The van der Waals surface area contributed by atoms with E-state index in [1.807, 2.05) is 24.3 Å². The number of aromatic carboxylic acids is 1. The molecule has 5 heteroatoms. The minimum atomic E-state index is -1.11. The number of carboxylic acid groups (broad SMARTS) is 1. The van der Waals surface area contributed by atoms with Gasteiger partial charge in [0.1, 0.15) is 10.8 Å². The van der Waals surface area contributed by atoms with Gasteiger partial charge in [-0.15, -0.1) is 0 Å². The SMILES string of the molecule is CCC(C)c1ccc(Oc2nccc(C(=O)O)c2Cl)cc1. The average molecular weight is 306 g/mol. The number of pyridine rings is 1. The van der Waals surface area contributed by atoms with Gasteiger partial charge in [0.25, 0.3) is 0 Å². The molecule has 1 atom stereocenters. The van der Waals surface area contributed by atoms with Crippen molar-refractivity contribution < 1.29 is 14.6 Å². The maximum absolute atomic E-state index is 11.0. The lowest BCUT2D eigenvalue weighted by molar-refractivity contribution is 0.0696. The van der Waals surface area contributed by atoms with Crippen LogP contribution in [0.4, 0.5) is 0 Å². The number of carboxylic acids is 1. The lowest BCUT2D eigenvalue weighted by atomic mass is 9.99. The van der Waals surface area contributed by atoms with Gasteiger partial charge in [-0.05, 0) is 36.1 Å². The predicted octanol–water partition coefficient (Wildman–Crippen LogP) is 4.74. The fraction of sp³-hybridized carbons (Fsp3) is 0.250. The van der Waals surface area contributed by atoms with Crippen molar-refractivity contribution in [3.05, 3.63) is 52.7 Å². The molecule has 0 bridgehead atoms. The molecule has 1 unspecified atom stereocenters. The lowest BCUT2D eigenvalue weighted by Gasteiger charge is -2.11. The van der Waals surface area contributed by atoms with Gasteiger partial charge < -0.3 is 9.84 Å². The molecule has 0 aliphatic rings. The smallest absolute Gasteiger partial charge is 0.337 e. The van der Waals surface area contributed by atoms with Crippen molar-refractivity contribution in [2.75, 3.05) is 0 Å². The minimum absolute atomic E-state index is 0.00370. The van der Waals surface area contributed by atoms with Crippen LogP contribution in [0.1, 0.15) is 42.1 Å². The number of rotatable bonds is 5. The van der Waals surface area contributed by atoms with Crippen LogP contribution in [0.25, 0.3) is 0 Å². The second-order valence-electron chi connectivity index (χ2n) is 4.76. The molecule has 1 heterocycles. The van der Waals surface area contributed by atoms with Crippen LogP contribution in [0, 0.1) is 0 Å². The molecule has 0 aliphatic heterocycles. The summed E-state index contributed by atoms with van der Waals surface area (Å²) in [5, 5.41) is 9.01. The topological polar surface area (TPSA) is 59.4 Å². The second-order valence-corrected chi connectivity index (χ2v) is 5.14. The Balaban J connectivity index is 2.22. The second kappa shape index (κ2) is 6.59. The predicted molar refractivity (Wildman–Crippen MR) is 81.4 cm³/mol. The van der Waals surface area contributed by atoms with Gasteiger partial charge in [-0.1, -0.05) is 37.6 Å². The first-order valence-electron chi connectivity index (χ1n) is 6.68. The van der Waals surface area contributed by atoms with Crippen molar-refractivity contribution >= 4 is 17.6 Å². The standard InChI is InChI=1S/C16H16ClNO3/c1-3-10(2)11-4-6-12(7-5-11)21-15-14(17)13(16(19)20)8-9-18-15/h4-10H,3H2,1-2H3,(H,19,20). The van der Waals surface area contributed by atoms with E-state index in [1.165, 1.54) is 17.8 Å². The van der Waals surface area contributed by atoms with Crippen LogP contribution in [0.5, 0.6) is 11.6 Å². The third-order valence-corrected chi connectivity index (χ3v) is 3.73. The Hall–Kier alpha value is -2.07. The molecule has 1 N–H and O–H groups in total. The highest BCUT2D eigenvalue weighted by atomic mass is 35.5. The summed E-state index contributed by atoms with van der Waals surface area (Å²) in [6.45, 7) is 4.29. The van der Waals surface area contributed by atoms with Crippen molar-refractivity contribution in [1.29, 1.82) is 0 Å². The number of ether oxygens (including phenoxy) is 1. The lowest BCUT2D eigenvalue weighted by Crippen LogP contribution is -2.00. The first-order valence-corrected chi connectivity index (χ1v) is 7.06. The van der Waals surface area contributed by atoms with Crippen molar-refractivity contribution in [1.82, 2.24) is 4.98 Å². The number of carbonyl (C=O) groups is 1. The summed E-state index contributed by atoms with van der Waals surface area (Å²) in [4.78, 5) is 15.0. The first kappa shape index (κ1) is 15.3. The molecule has 2 aromatic rings. The number of nitrogens with zero attached hydrogens (tertiary/aromatic N) is 1. The van der Waals surface area contributed by atoms with Gasteiger partial charge in [0.05, 0.1) is 5.56 Å². The zero-order valence-corrected chi connectivity index (χ0v) is 12.6. The van der Waals surface area contributed by atoms with Crippen LogP contribution >= 0.6 is 11.6 Å². The van der Waals surface area contributed by atoms with E-state index in [9.17, 15) is 4.79 Å². The van der Waals surface area contributed by atoms with Gasteiger partial charge in [0.2, 0.25) is 5.88 Å². The fourth-order valence-electron chi connectivity index (χ4n) is 1.87. The molecule has 21 heavy (non-hydrogen) atoms. The van der Waals surface area contributed by atoms with Gasteiger partial charge in [-0.2, -0.15) is 0 Å². The van der Waals surface area contributed by atoms with Crippen LogP contribution < -0.4 is 4.74 Å². The highest BCUT2D eigenvalue weighted by molar-refractivity contribution is 6.34. The summed E-state index contributed by atoms with van der Waals surface area (Å²) < 4.78 is 5.56. The maximum atomic E-state index is 11.0. The number of aromatic nitrogens is 1. The van der Waals surface area contributed by atoms with Crippen molar-refractivity contribution in [3.8, 4) is 11.6 Å². The summed E-state index contributed by atoms with van der Waals surface area (Å²) in [5.74, 6) is 0.0299. The Bertz CT molecular complexity index is 640. The van der Waals surface area contributed by atoms with E-state index in [0.29, 0.717) is 11.7 Å². The van der Waals surface area contributed by atoms with Crippen LogP contribution in [0.15, 0.2) is 36.5 Å². The molecular formula is C16H16ClNO3. The summed E-state index contributed by atoms with van der Waals surface area (Å²) in [6, 6.07) is 8.96. The van der Waals surface area contributed by atoms with Gasteiger partial charge in [0.15, 0.2) is 0 Å². The van der Waals surface area contributed by atoms with E-state index < -0.39 is 5.97 Å². The molecule has 1 aromatic heterocycles. The molecule has 0 fully saturated rings. The third-order valence-electron chi connectivity index (χ3n) is 3.36. The van der Waals surface area contributed by atoms with E-state index >= 15 is 0 Å². The molecule has 1 aromatic carbocycles. The summed E-state index contributed by atoms with van der Waals surface area (Å²) in [6.07, 6.45) is 2.42. The van der Waals surface area contributed by atoms with E-state index in [0.717, 1.165) is 6.42 Å². The van der Waals surface area contributed by atoms with E-state index in [2.05, 4.69) is 18.8 Å². The fourth-order valence-corrected chi connectivity index (χ4v) is 2.10. The quantitative estimate of drug-likeness (QED) is 0.866. The summed E-state index contributed by atoms with van der Waals surface area (Å²) >= 11 is 5.99. The highest BCUT2D eigenvalue weighted by Crippen LogP contribution is 2.30. The monoisotopic (exact) mass is 305 g/mol. The zero-order valence-electron chi connectivity index (χ0n) is 11.8. The summed E-state index contributed by atoms with van der Waals surface area (Å²) in [7, 11) is 0. The number of hydrogen-bond acceptors (Lipinski definition) is 3. The number of hydrogen-bond donors (Lipinski definition) is 1. The number of benzene rings is 1. The van der Waals surface area contributed by atoms with Crippen LogP contribution in [-0.4, -0.2) is 16.1 Å². The van der Waals surface area contributed by atoms with Gasteiger partial charge in [-0.25, -0.2) is 9.78 Å². The first-order chi connectivity index (χ1) is 10.0. The normalized spacial score (nSPS) is 12.0. The molecule has 0 amide bonds. The summed E-state index contributed by atoms with van der Waals surface area (Å²) in [5.41, 5.74) is 1.20. The average Bonchev–Trinajstić information content (AvgIpc) is 2.49. The molecule has 0 radical (unpaired) electrons. The molecule has 0 saturated heterocycles. The van der Waals surface area contributed by atoms with Gasteiger partial charge >= 0.3 is 5.97 Å². The molecule has 4 nitrogen and oxygen atoms in total. The van der Waals surface area contributed by atoms with Crippen LogP contribution in [0.2, 0.25) is 5.02 Å². The zero-order chi connectivity index (χ0) is 15.4. The van der Waals surface area contributed by atoms with Gasteiger partial charge in [0, 0.05) is 6.20 Å². The van der Waals surface area contributed by atoms with Crippen molar-refractivity contribution in [3.63, 3.8) is 0 Å². The molecule has 110 valence electrons. The largest absolute Gasteiger partial charge is 0.478 e. The molecule has 0 saturated carbocycles. The van der Waals surface area contributed by atoms with E-state index in [-0.39, 0.29) is 16.5 Å². The molecule has 0 aliphatic carbocycles. The van der Waals surface area contributed by atoms with Crippen LogP contribution in [0.3, 0.4) is 0 Å². The van der Waals surface area contributed by atoms with E-state index in [4.69, 9.17) is 21.4 Å². The van der Waals surface area contributed by atoms with Crippen molar-refractivity contribution in [2.45, 2.75) is 26.2 Å². The van der Waals surface area contributed by atoms with Crippen molar-refractivity contribution in [2.24, 2.45) is 0 Å². The number of halogens is 1. The Morgan fingerprint density at radius 1 is 1.33 bits per heavy atom.